The van der Waals surface area contributed by atoms with Crippen LogP contribution in [-0.4, -0.2) is 0 Å². The van der Waals surface area contributed by atoms with E-state index in [2.05, 4.69) is 144 Å². The normalized spacial score (nSPS) is 11.9. The summed E-state index contributed by atoms with van der Waals surface area (Å²) in [6.45, 7) is 0. The molecule has 0 N–H and O–H groups in total. The van der Waals surface area contributed by atoms with Gasteiger partial charge in [-0.15, -0.1) is 22.7 Å². The van der Waals surface area contributed by atoms with Gasteiger partial charge in [-0.1, -0.05) is 84.9 Å². The lowest BCUT2D eigenvalue weighted by Crippen LogP contribution is -2.09. The summed E-state index contributed by atoms with van der Waals surface area (Å²) in [7, 11) is 0. The molecule has 0 aliphatic rings. The van der Waals surface area contributed by atoms with Crippen LogP contribution < -0.4 is 4.90 Å². The van der Waals surface area contributed by atoms with Crippen LogP contribution >= 0.6 is 22.7 Å². The Kier molecular flexibility index (Phi) is 5.65. The second-order valence-corrected chi connectivity index (χ2v) is 13.9. The van der Waals surface area contributed by atoms with Gasteiger partial charge in [0.25, 0.3) is 0 Å². The summed E-state index contributed by atoms with van der Waals surface area (Å²) in [5.74, 6) is 0. The number of nitrogens with zero attached hydrogens (tertiary/aromatic N) is 1. The molecular formula is C42H25NOS2. The second-order valence-electron chi connectivity index (χ2n) is 11.7. The number of benzene rings is 7. The van der Waals surface area contributed by atoms with E-state index in [1.165, 1.54) is 40.3 Å². The molecule has 0 fully saturated rings. The molecule has 10 aromatic rings. The van der Waals surface area contributed by atoms with Crippen molar-refractivity contribution in [1.82, 2.24) is 0 Å². The first kappa shape index (κ1) is 25.9. The Labute approximate surface area is 273 Å². The average molecular weight is 624 g/mol. The zero-order chi connectivity index (χ0) is 30.2. The van der Waals surface area contributed by atoms with Crippen LogP contribution in [0.4, 0.5) is 17.1 Å². The smallest absolute Gasteiger partial charge is 0.143 e. The fraction of sp³-hybridized carbons (Fsp3) is 0. The Morgan fingerprint density at radius 2 is 0.913 bits per heavy atom. The van der Waals surface area contributed by atoms with Crippen molar-refractivity contribution in [3.8, 4) is 11.1 Å². The van der Waals surface area contributed by atoms with Crippen LogP contribution in [0.15, 0.2) is 156 Å². The summed E-state index contributed by atoms with van der Waals surface area (Å²) >= 11 is 3.71. The number of fused-ring (bicyclic) bond motifs is 9. The van der Waals surface area contributed by atoms with E-state index < -0.39 is 0 Å². The maximum Gasteiger partial charge on any atom is 0.143 e. The summed E-state index contributed by atoms with van der Waals surface area (Å²) in [4.78, 5) is 2.39. The molecule has 0 radical (unpaired) electrons. The zero-order valence-corrected chi connectivity index (χ0v) is 26.2. The number of furan rings is 1. The monoisotopic (exact) mass is 623 g/mol. The molecule has 0 amide bonds. The first-order valence-corrected chi connectivity index (χ1v) is 17.1. The first-order valence-electron chi connectivity index (χ1n) is 15.4. The van der Waals surface area contributed by atoms with E-state index >= 15 is 0 Å². The highest BCUT2D eigenvalue weighted by molar-refractivity contribution is 7.26. The molecule has 0 saturated carbocycles. The van der Waals surface area contributed by atoms with Crippen molar-refractivity contribution < 1.29 is 4.42 Å². The SMILES string of the molecule is c1ccc2c(c1)oc1c(-c3ccc(N(c4ccc5sc6ccccc6c5c4)c4ccc5sc6ccccc6c5c4)cc3)cccc12. The van der Waals surface area contributed by atoms with Crippen molar-refractivity contribution in [3.05, 3.63) is 152 Å². The number of thiophene rings is 2. The van der Waals surface area contributed by atoms with Gasteiger partial charge in [0.15, 0.2) is 0 Å². The Morgan fingerprint density at radius 3 is 1.57 bits per heavy atom. The number of hydrogen-bond acceptors (Lipinski definition) is 4. The minimum Gasteiger partial charge on any atom is -0.455 e. The van der Waals surface area contributed by atoms with E-state index in [9.17, 15) is 0 Å². The second kappa shape index (κ2) is 10.0. The standard InChI is InChI=1S/C42H25NOS2/c1-4-13-37-31(8-1)34-12-7-11-30(42(34)44-37)26-16-18-27(19-17-26)43(28-20-22-40-35(24-28)32-9-2-5-14-38(32)45-40)29-21-23-41-36(25-29)33-10-3-6-15-39(33)46-41/h1-25H. The van der Waals surface area contributed by atoms with Crippen molar-refractivity contribution in [1.29, 1.82) is 0 Å². The highest BCUT2D eigenvalue weighted by Crippen LogP contribution is 2.44. The lowest BCUT2D eigenvalue weighted by atomic mass is 10.0. The van der Waals surface area contributed by atoms with Crippen molar-refractivity contribution in [3.63, 3.8) is 0 Å². The molecule has 3 heterocycles. The van der Waals surface area contributed by atoms with Gasteiger partial charge in [0.1, 0.15) is 11.2 Å². The van der Waals surface area contributed by atoms with E-state index in [0.29, 0.717) is 0 Å². The third kappa shape index (κ3) is 3.94. The minimum atomic E-state index is 0.917. The van der Waals surface area contributed by atoms with Gasteiger partial charge in [0.05, 0.1) is 0 Å². The molecule has 0 bridgehead atoms. The fourth-order valence-corrected chi connectivity index (χ4v) is 9.09. The molecule has 0 unspecified atom stereocenters. The lowest BCUT2D eigenvalue weighted by Gasteiger charge is -2.26. The predicted octanol–water partition coefficient (Wildman–Crippen LogP) is 13.5. The summed E-state index contributed by atoms with van der Waals surface area (Å²) in [5, 5.41) is 7.48. The van der Waals surface area contributed by atoms with Crippen LogP contribution in [0.3, 0.4) is 0 Å². The molecule has 0 saturated heterocycles. The summed E-state index contributed by atoms with van der Waals surface area (Å²) in [6, 6.07) is 54.8. The number of rotatable bonds is 4. The zero-order valence-electron chi connectivity index (χ0n) is 24.6. The van der Waals surface area contributed by atoms with Crippen LogP contribution in [0.2, 0.25) is 0 Å². The number of hydrogen-bond donors (Lipinski definition) is 0. The molecule has 4 heteroatoms. The quantitative estimate of drug-likeness (QED) is 0.194. The highest BCUT2D eigenvalue weighted by Gasteiger charge is 2.18. The Balaban J connectivity index is 1.15. The Bertz CT molecular complexity index is 2650. The lowest BCUT2D eigenvalue weighted by molar-refractivity contribution is 0.670. The van der Waals surface area contributed by atoms with Gasteiger partial charge in [-0.25, -0.2) is 0 Å². The van der Waals surface area contributed by atoms with Crippen LogP contribution in [0, 0.1) is 0 Å². The molecular weight excluding hydrogens is 599 g/mol. The summed E-state index contributed by atoms with van der Waals surface area (Å²) in [6.07, 6.45) is 0. The van der Waals surface area contributed by atoms with Gasteiger partial charge in [-0.05, 0) is 72.3 Å². The largest absolute Gasteiger partial charge is 0.455 e. The van der Waals surface area contributed by atoms with E-state index in [1.807, 2.05) is 34.8 Å². The molecule has 10 rings (SSSR count). The number of para-hydroxylation sites is 2. The van der Waals surface area contributed by atoms with Crippen LogP contribution in [0.5, 0.6) is 0 Å². The van der Waals surface area contributed by atoms with Gasteiger partial charge in [-0.2, -0.15) is 0 Å². The van der Waals surface area contributed by atoms with E-state index in [-0.39, 0.29) is 0 Å². The minimum absolute atomic E-state index is 0.917. The molecule has 46 heavy (non-hydrogen) atoms. The molecule has 7 aromatic carbocycles. The van der Waals surface area contributed by atoms with Crippen LogP contribution in [0.1, 0.15) is 0 Å². The van der Waals surface area contributed by atoms with Crippen molar-refractivity contribution in [2.24, 2.45) is 0 Å². The molecule has 216 valence electrons. The molecule has 2 nitrogen and oxygen atoms in total. The summed E-state index contributed by atoms with van der Waals surface area (Å²) < 4.78 is 11.6. The molecule has 0 aliphatic heterocycles. The van der Waals surface area contributed by atoms with E-state index in [4.69, 9.17) is 4.42 Å². The summed E-state index contributed by atoms with van der Waals surface area (Å²) in [5.41, 5.74) is 7.47. The van der Waals surface area contributed by atoms with Crippen molar-refractivity contribution in [2.75, 3.05) is 4.90 Å². The molecule has 3 aromatic heterocycles. The molecule has 0 aliphatic carbocycles. The first-order chi connectivity index (χ1) is 22.8. The van der Waals surface area contributed by atoms with E-state index in [0.717, 1.165) is 50.1 Å². The fourth-order valence-electron chi connectivity index (χ4n) is 6.92. The third-order valence-corrected chi connectivity index (χ3v) is 11.4. The molecule has 0 spiro atoms. The van der Waals surface area contributed by atoms with E-state index in [1.54, 1.807) is 0 Å². The van der Waals surface area contributed by atoms with Crippen molar-refractivity contribution >= 4 is 102 Å². The van der Waals surface area contributed by atoms with Gasteiger partial charge in [-0.3, -0.25) is 0 Å². The average Bonchev–Trinajstić information content (AvgIpc) is 3.80. The molecule has 0 atom stereocenters. The van der Waals surface area contributed by atoms with Crippen LogP contribution in [-0.2, 0) is 0 Å². The van der Waals surface area contributed by atoms with Gasteiger partial charge in [0, 0.05) is 73.7 Å². The maximum absolute atomic E-state index is 6.38. The maximum atomic E-state index is 6.38. The highest BCUT2D eigenvalue weighted by atomic mass is 32.1. The third-order valence-electron chi connectivity index (χ3n) is 9.08. The van der Waals surface area contributed by atoms with Crippen LogP contribution in [0.25, 0.3) is 73.4 Å². The van der Waals surface area contributed by atoms with Gasteiger partial charge >= 0.3 is 0 Å². The predicted molar refractivity (Wildman–Crippen MR) is 200 cm³/mol. The van der Waals surface area contributed by atoms with Gasteiger partial charge in [0.2, 0.25) is 0 Å². The number of anilines is 3. The van der Waals surface area contributed by atoms with Gasteiger partial charge < -0.3 is 9.32 Å². The Hall–Kier alpha value is -5.42. The topological polar surface area (TPSA) is 16.4 Å². The van der Waals surface area contributed by atoms with Crippen molar-refractivity contribution in [2.45, 2.75) is 0 Å². The Morgan fingerprint density at radius 1 is 0.391 bits per heavy atom.